The van der Waals surface area contributed by atoms with E-state index >= 15 is 0 Å². The number of amides is 16. The second kappa shape index (κ2) is 37.2. The van der Waals surface area contributed by atoms with Crippen LogP contribution in [0.15, 0.2) is 242 Å². The van der Waals surface area contributed by atoms with Crippen molar-refractivity contribution in [1.82, 2.24) is 77.3 Å². The summed E-state index contributed by atoms with van der Waals surface area (Å²) in [4.78, 5) is 169. The van der Waals surface area contributed by atoms with Gasteiger partial charge >= 0.3 is 30.3 Å². The minimum atomic E-state index is -4.66. The summed E-state index contributed by atoms with van der Waals surface area (Å²) in [6.45, 7) is 4.61. The number of nitrogens with zero attached hydrogens (tertiary/aromatic N) is 7. The van der Waals surface area contributed by atoms with Crippen LogP contribution in [0.5, 0.6) is 23.0 Å². The van der Waals surface area contributed by atoms with Crippen molar-refractivity contribution in [1.29, 1.82) is 0 Å². The summed E-state index contributed by atoms with van der Waals surface area (Å²) >= 11 is 0. The molecule has 11 heterocycles. The molecule has 11 aromatic carbocycles. The van der Waals surface area contributed by atoms with E-state index in [0.717, 1.165) is 96.7 Å². The van der Waals surface area contributed by atoms with E-state index in [9.17, 15) is 70.7 Å². The van der Waals surface area contributed by atoms with Gasteiger partial charge in [-0.1, -0.05) is 170 Å². The maximum atomic E-state index is 13.4. The van der Waals surface area contributed by atoms with Crippen LogP contribution in [0.2, 0.25) is 0 Å². The predicted molar refractivity (Wildman–Crippen MR) is 520 cm³/mol. The van der Waals surface area contributed by atoms with Crippen molar-refractivity contribution in [3.63, 3.8) is 0 Å². The van der Waals surface area contributed by atoms with Gasteiger partial charge in [0, 0.05) is 88.1 Å². The molecule has 0 aliphatic carbocycles. The molecule has 143 heavy (non-hydrogen) atoms. The number of aryl methyl sites for hydroxylation is 1. The van der Waals surface area contributed by atoms with Crippen molar-refractivity contribution < 1.29 is 89.7 Å². The van der Waals surface area contributed by atoms with E-state index in [4.69, 9.17) is 35.4 Å². The third kappa shape index (κ3) is 17.5. The summed E-state index contributed by atoms with van der Waals surface area (Å²) in [6.07, 6.45) is -1.54. The fraction of sp³-hybridized carbons (Fsp3) is 0.217. The number of alkyl halides is 3. The number of carbonyl (C=O) groups is 12. The first-order valence-corrected chi connectivity index (χ1v) is 45.6. The Kier molecular flexibility index (Phi) is 24.5. The molecule has 37 heteroatoms. The normalized spacial score (nSPS) is 20.1. The number of methoxy groups -OCH3 is 4. The first kappa shape index (κ1) is 94.2. The molecule has 13 N–H and O–H groups in total. The van der Waals surface area contributed by atoms with Gasteiger partial charge in [0.05, 0.1) is 60.3 Å². The van der Waals surface area contributed by atoms with Gasteiger partial charge in [0.1, 0.15) is 28.8 Å². The quantitative estimate of drug-likeness (QED) is 0.0249. The monoisotopic (exact) mass is 1930 g/mol. The van der Waals surface area contributed by atoms with Crippen molar-refractivity contribution >= 4 is 110 Å². The summed E-state index contributed by atoms with van der Waals surface area (Å²) < 4.78 is 61.2. The Labute approximate surface area is 814 Å². The second-order valence-electron chi connectivity index (χ2n) is 36.1. The van der Waals surface area contributed by atoms with Crippen LogP contribution in [0.4, 0.5) is 43.9 Å². The summed E-state index contributed by atoms with van der Waals surface area (Å²) in [5, 5.41) is 30.0. The van der Waals surface area contributed by atoms with E-state index in [1.165, 1.54) is 50.3 Å². The summed E-state index contributed by atoms with van der Waals surface area (Å²) in [5.41, 5.74) is 19.2. The highest BCUT2D eigenvalue weighted by molar-refractivity contribution is 6.13. The fourth-order valence-corrected chi connectivity index (χ4v) is 20.0. The Hall–Kier alpha value is -17.8. The van der Waals surface area contributed by atoms with Crippen LogP contribution in [-0.4, -0.2) is 173 Å². The third-order valence-corrected chi connectivity index (χ3v) is 27.3. The number of hydrogen-bond acceptors (Lipinski definition) is 21. The molecule has 9 aliphatic heterocycles. The lowest BCUT2D eigenvalue weighted by Crippen LogP contribution is -2.52. The van der Waals surface area contributed by atoms with Crippen LogP contribution < -0.4 is 72.9 Å². The molecule has 4 fully saturated rings. The number of hydrogen-bond donors (Lipinski definition) is 11. The maximum absolute atomic E-state index is 13.4. The molecule has 0 radical (unpaired) electrons. The van der Waals surface area contributed by atoms with E-state index in [-0.39, 0.29) is 73.2 Å². The highest BCUT2D eigenvalue weighted by Gasteiger charge is 2.56. The molecule has 5 atom stereocenters. The number of nitrogens with one attached hydrogen (secondary N) is 9. The summed E-state index contributed by atoms with van der Waals surface area (Å²) in [6, 6.07) is 68.4. The first-order chi connectivity index (χ1) is 68.7. The zero-order chi connectivity index (χ0) is 100. The standard InChI is InChI=1S/C29H24N4O4.C28H23N5O4.C25H26N4O4.C24H20F3N5O4/c1-37-22-11-8-19-15-33(26(34)25(19)14-22)16-29(27(35)31-28(36)32-29)20-9-6-17(7-10-20)24-13-21(30)12-18-4-2-3-5-23(18)24;1-37-20-11-8-18-14-33(25(34)22(18)13-20)15-28(26(35)31-27(36)32-28)19-9-6-16(7-10-19)24-21-5-3-2-4-17(21)12-23(29)30-24;1-15-4-3-5-21(26-15)16-6-9-18(10-7-16)25(23(31)27-24(32)28-25)14-29-13-17-8-11-19(33-2)12-20(17)22(29)30;1-12-18(19(31-30-12)24(25,26)27)13-3-6-15(7-4-13)23(21(34)28-22(35)29-23)11-32-10-14-5-8-16(36-2)9-17(14)20(32)33/h2-14H,15-16,30H2,1H3,(H2,31,32,35,36);2-13H,14-15H2,1H3,(H2,29,30)(H2,31,32,35,36);6-12,15H,3-5,13-14H2,1-2H3,(H2,27,28,31,32);3-9H,10-11H2,1-2H3,(H,30,31)(H2,28,29,34,35)/t29-;28-;15?,25-;23-/m0110/s1. The van der Waals surface area contributed by atoms with Crippen LogP contribution in [0.25, 0.3) is 55.1 Å². The van der Waals surface area contributed by atoms with Gasteiger partial charge in [0.25, 0.3) is 47.3 Å². The molecule has 13 aromatic rings. The Bertz CT molecular complexity index is 7290. The van der Waals surface area contributed by atoms with Gasteiger partial charge in [-0.2, -0.15) is 18.3 Å². The van der Waals surface area contributed by atoms with Gasteiger partial charge < -0.3 is 71.3 Å². The number of benzene rings is 11. The topological polar surface area (TPSA) is 457 Å². The number of H-pyrrole nitrogens is 1. The van der Waals surface area contributed by atoms with E-state index < -0.39 is 81.8 Å². The molecule has 2 aromatic heterocycles. The number of fused-ring (bicyclic) bond motifs is 6. The number of anilines is 2. The van der Waals surface area contributed by atoms with Crippen molar-refractivity contribution in [2.75, 3.05) is 66.1 Å². The molecule has 34 nitrogen and oxygen atoms in total. The number of nitrogen functional groups attached to an aromatic ring is 2. The van der Waals surface area contributed by atoms with Crippen molar-refractivity contribution in [3.8, 4) is 56.5 Å². The molecule has 1 unspecified atom stereocenters. The lowest BCUT2D eigenvalue weighted by molar-refractivity contribution is -0.140. The molecular formula is C106H93F3N18O16. The smallest absolute Gasteiger partial charge is 0.435 e. The van der Waals surface area contributed by atoms with Crippen LogP contribution in [-0.2, 0) is 73.7 Å². The average molecular weight is 1930 g/mol. The van der Waals surface area contributed by atoms with Gasteiger partial charge in [-0.3, -0.25) is 69.7 Å². The molecule has 0 spiro atoms. The summed E-state index contributed by atoms with van der Waals surface area (Å²) in [7, 11) is 6.12. The van der Waals surface area contributed by atoms with E-state index in [1.54, 1.807) is 89.6 Å². The second-order valence-corrected chi connectivity index (χ2v) is 36.1. The zero-order valence-corrected chi connectivity index (χ0v) is 77.8. The lowest BCUT2D eigenvalue weighted by Gasteiger charge is -2.31. The first-order valence-electron chi connectivity index (χ1n) is 45.6. The Balaban J connectivity index is 0.000000121. The van der Waals surface area contributed by atoms with Gasteiger partial charge in [-0.15, -0.1) is 0 Å². The Morgan fingerprint density at radius 2 is 0.741 bits per heavy atom. The van der Waals surface area contributed by atoms with Crippen molar-refractivity contribution in [2.24, 2.45) is 4.99 Å². The highest BCUT2D eigenvalue weighted by atomic mass is 19.4. The van der Waals surface area contributed by atoms with Gasteiger partial charge in [0.15, 0.2) is 27.8 Å². The van der Waals surface area contributed by atoms with Crippen LogP contribution in [0.3, 0.4) is 0 Å². The van der Waals surface area contributed by atoms with Crippen molar-refractivity contribution in [3.05, 3.63) is 320 Å². The highest BCUT2D eigenvalue weighted by Crippen LogP contribution is 2.44. The van der Waals surface area contributed by atoms with E-state index in [1.807, 2.05) is 152 Å². The number of aliphatic imine (C=N–C) groups is 1. The SMILES string of the molecule is COc1ccc2c(c1)C(=O)N(C[C@@]1(c3ccc(-c4c(C(F)(F)F)n[nH]c4C)cc3)NC(=O)NC1=O)C2.COc1ccc2c(c1)C(=O)N(C[C@@]1(c3ccc(-c4cc(N)cc5ccccc45)cc3)NC(=O)NC1=O)C2.COc1ccc2c(c1)C(=O)N(C[C@]1(c3ccc(-c4nc(N)cc5ccccc45)cc3)NC(=O)NC1=O)C2.COc1ccc2c(c1)C(=O)N(C[C@]1(c3ccc(C4=NC(C)CCC4)cc3)NC(=O)NC1=O)C2. The number of aromatic amines is 1. The van der Waals surface area contributed by atoms with Gasteiger partial charge in [0.2, 0.25) is 0 Å². The predicted octanol–water partition coefficient (Wildman–Crippen LogP) is 12.8. The fourth-order valence-electron chi connectivity index (χ4n) is 20.0. The molecule has 4 saturated heterocycles. The number of rotatable bonds is 20. The number of urea groups is 4. The van der Waals surface area contributed by atoms with Crippen LogP contribution in [0, 0.1) is 6.92 Å². The number of halogens is 3. The number of ether oxygens (including phenoxy) is 4. The Morgan fingerprint density at radius 3 is 1.09 bits per heavy atom. The number of aromatic nitrogens is 3. The number of nitrogens with two attached hydrogens (primary N) is 2. The van der Waals surface area contributed by atoms with Crippen LogP contribution >= 0.6 is 0 Å². The minimum absolute atomic E-state index is 0.0129. The number of carbonyl (C=O) groups excluding carboxylic acids is 12. The molecule has 9 aliphatic rings. The van der Waals surface area contributed by atoms with E-state index in [2.05, 4.69) is 64.6 Å². The summed E-state index contributed by atoms with van der Waals surface area (Å²) in [5.74, 6) is -0.455. The molecule has 16 amide bonds. The Morgan fingerprint density at radius 1 is 0.399 bits per heavy atom. The van der Waals surface area contributed by atoms with Gasteiger partial charge in [-0.05, 0) is 183 Å². The molecular weight excluding hydrogens is 1840 g/mol. The molecule has 22 rings (SSSR count). The average Bonchev–Trinajstić information content (AvgIpc) is 1.65. The molecule has 0 bridgehead atoms. The van der Waals surface area contributed by atoms with E-state index in [0.29, 0.717) is 105 Å². The van der Waals surface area contributed by atoms with Crippen molar-refractivity contribution in [2.45, 2.75) is 93.7 Å². The molecule has 724 valence electrons. The minimum Gasteiger partial charge on any atom is -0.497 e. The maximum Gasteiger partial charge on any atom is 0.435 e. The van der Waals surface area contributed by atoms with Gasteiger partial charge in [-0.25, -0.2) is 24.2 Å². The lowest BCUT2D eigenvalue weighted by atomic mass is 9.87. The zero-order valence-electron chi connectivity index (χ0n) is 77.8. The largest absolute Gasteiger partial charge is 0.497 e. The number of imide groups is 4. The number of pyridine rings is 1. The third-order valence-electron chi connectivity index (χ3n) is 27.3. The molecule has 0 saturated carbocycles. The van der Waals surface area contributed by atoms with Crippen LogP contribution in [0.1, 0.15) is 129 Å².